The molecule has 0 fully saturated rings. The second-order valence-corrected chi connectivity index (χ2v) is 8.84. The lowest BCUT2D eigenvalue weighted by atomic mass is 10.7. The average molecular weight is 169 g/mol. The van der Waals surface area contributed by atoms with E-state index in [1.165, 1.54) is 0 Å². The van der Waals surface area contributed by atoms with E-state index in [1.54, 1.807) is 6.55 Å². The van der Waals surface area contributed by atoms with Gasteiger partial charge in [0.2, 0.25) is 0 Å². The van der Waals surface area contributed by atoms with Crippen molar-refractivity contribution in [1.29, 1.82) is 0 Å². The second-order valence-electron chi connectivity index (χ2n) is 1.46. The first-order valence-electron chi connectivity index (χ1n) is 2.03. The zero-order valence-corrected chi connectivity index (χ0v) is 6.96. The number of halogens is 2. The summed E-state index contributed by atoms with van der Waals surface area (Å²) in [6.45, 7) is 2.21. The maximum atomic E-state index is 10.5. The Labute approximate surface area is 58.7 Å². The molecule has 0 atom stereocenters. The van der Waals surface area contributed by atoms with Crippen molar-refractivity contribution in [2.24, 2.45) is 0 Å². The zero-order valence-electron chi connectivity index (χ0n) is 4.45. The van der Waals surface area contributed by atoms with Crippen LogP contribution in [-0.2, 0) is 4.79 Å². The first kappa shape index (κ1) is 8.21. The fourth-order valence-electron chi connectivity index (χ4n) is 0.179. The standard InChI is InChI=1S/C4H6Cl2OSi/c1-3-4(7)8(2,5)6/h3H,1H2,2H3. The van der Waals surface area contributed by atoms with E-state index < -0.39 is 6.69 Å². The summed E-state index contributed by atoms with van der Waals surface area (Å²) in [6.07, 6.45) is 1.16. The van der Waals surface area contributed by atoms with Crippen molar-refractivity contribution < 1.29 is 4.79 Å². The van der Waals surface area contributed by atoms with Gasteiger partial charge in [0.05, 0.1) is 0 Å². The van der Waals surface area contributed by atoms with Crippen molar-refractivity contribution in [2.45, 2.75) is 6.55 Å². The summed E-state index contributed by atoms with van der Waals surface area (Å²) in [5, 5.41) is -0.235. The Hall–Kier alpha value is 0.207. The first-order valence-corrected chi connectivity index (χ1v) is 6.55. The Balaban J connectivity index is 4.02. The Morgan fingerprint density at radius 3 is 2.12 bits per heavy atom. The van der Waals surface area contributed by atoms with Gasteiger partial charge in [-0.15, -0.1) is 22.2 Å². The van der Waals surface area contributed by atoms with Crippen molar-refractivity contribution in [1.82, 2.24) is 0 Å². The second kappa shape index (κ2) is 2.67. The van der Waals surface area contributed by atoms with Crippen LogP contribution in [-0.4, -0.2) is 12.1 Å². The summed E-state index contributed by atoms with van der Waals surface area (Å²) in [7, 11) is 0. The molecule has 8 heavy (non-hydrogen) atoms. The fraction of sp³-hybridized carbons (Fsp3) is 0.250. The quantitative estimate of drug-likeness (QED) is 0.350. The molecule has 46 valence electrons. The number of carbonyl (C=O) groups excluding carboxylic acids is 1. The molecular formula is C4H6Cl2OSi. The lowest BCUT2D eigenvalue weighted by molar-refractivity contribution is -0.108. The molecule has 0 aliphatic heterocycles. The van der Waals surface area contributed by atoms with Gasteiger partial charge in [0, 0.05) is 0 Å². The van der Waals surface area contributed by atoms with Crippen LogP contribution in [0.15, 0.2) is 12.7 Å². The van der Waals surface area contributed by atoms with E-state index in [2.05, 4.69) is 6.58 Å². The molecular weight excluding hydrogens is 163 g/mol. The van der Waals surface area contributed by atoms with Crippen LogP contribution in [0.25, 0.3) is 0 Å². The molecule has 1 nitrogen and oxygen atoms in total. The molecule has 0 spiro atoms. The van der Waals surface area contributed by atoms with Gasteiger partial charge in [-0.1, -0.05) is 6.58 Å². The minimum atomic E-state index is -2.57. The third kappa shape index (κ3) is 2.50. The molecule has 0 N–H and O–H groups in total. The van der Waals surface area contributed by atoms with Gasteiger partial charge >= 0.3 is 6.69 Å². The van der Waals surface area contributed by atoms with Crippen LogP contribution in [0, 0.1) is 0 Å². The molecule has 0 bridgehead atoms. The van der Waals surface area contributed by atoms with Crippen molar-refractivity contribution >= 4 is 34.3 Å². The van der Waals surface area contributed by atoms with Gasteiger partial charge in [0.25, 0.3) is 0 Å². The summed E-state index contributed by atoms with van der Waals surface area (Å²) >= 11 is 10.9. The van der Waals surface area contributed by atoms with Crippen molar-refractivity contribution in [3.8, 4) is 0 Å². The number of carbonyl (C=O) groups is 1. The Morgan fingerprint density at radius 1 is 1.75 bits per heavy atom. The summed E-state index contributed by atoms with van der Waals surface area (Å²) in [5.41, 5.74) is 0. The molecule has 0 aromatic heterocycles. The lowest BCUT2D eigenvalue weighted by Crippen LogP contribution is -2.25. The molecule has 0 amide bonds. The van der Waals surface area contributed by atoms with E-state index in [4.69, 9.17) is 22.2 Å². The van der Waals surface area contributed by atoms with Gasteiger partial charge in [-0.25, -0.2) is 0 Å². The van der Waals surface area contributed by atoms with E-state index in [-0.39, 0.29) is 5.41 Å². The molecule has 0 heterocycles. The summed E-state index contributed by atoms with van der Waals surface area (Å²) < 4.78 is 0. The molecule has 0 unspecified atom stereocenters. The maximum Gasteiger partial charge on any atom is 0.321 e. The van der Waals surface area contributed by atoms with Crippen molar-refractivity contribution in [3.63, 3.8) is 0 Å². The molecule has 0 aliphatic carbocycles. The predicted molar refractivity (Wildman–Crippen MR) is 38.5 cm³/mol. The third-order valence-electron chi connectivity index (χ3n) is 0.618. The van der Waals surface area contributed by atoms with Crippen LogP contribution in [0.4, 0.5) is 0 Å². The highest BCUT2D eigenvalue weighted by molar-refractivity contribution is 7.57. The SMILES string of the molecule is C=CC(=O)[Si](C)(Cl)Cl. The van der Waals surface area contributed by atoms with Gasteiger partial charge in [0.1, 0.15) is 0 Å². The minimum absolute atomic E-state index is 0.235. The topological polar surface area (TPSA) is 17.1 Å². The number of rotatable bonds is 2. The lowest BCUT2D eigenvalue weighted by Gasteiger charge is -2.01. The van der Waals surface area contributed by atoms with Crippen LogP contribution in [0.3, 0.4) is 0 Å². The van der Waals surface area contributed by atoms with Gasteiger partial charge < -0.3 is 0 Å². The number of hydrogen-bond acceptors (Lipinski definition) is 1. The zero-order chi connectivity index (χ0) is 6.78. The molecule has 0 saturated carbocycles. The maximum absolute atomic E-state index is 10.5. The van der Waals surface area contributed by atoms with Gasteiger partial charge in [-0.2, -0.15) is 0 Å². The minimum Gasteiger partial charge on any atom is -0.297 e. The molecule has 0 aliphatic rings. The monoisotopic (exact) mass is 168 g/mol. The van der Waals surface area contributed by atoms with Crippen LogP contribution < -0.4 is 0 Å². The van der Waals surface area contributed by atoms with Crippen LogP contribution in [0.5, 0.6) is 0 Å². The number of hydrogen-bond donors (Lipinski definition) is 0. The Bertz CT molecular complexity index is 116. The Kier molecular flexibility index (Phi) is 2.73. The largest absolute Gasteiger partial charge is 0.321 e. The fourth-order valence-corrected chi connectivity index (χ4v) is 1.00. The van der Waals surface area contributed by atoms with E-state index in [0.717, 1.165) is 6.08 Å². The van der Waals surface area contributed by atoms with E-state index in [1.807, 2.05) is 0 Å². The first-order chi connectivity index (χ1) is 3.48. The van der Waals surface area contributed by atoms with Crippen LogP contribution >= 0.6 is 22.2 Å². The summed E-state index contributed by atoms with van der Waals surface area (Å²) in [5.74, 6) is 0. The van der Waals surface area contributed by atoms with E-state index >= 15 is 0 Å². The van der Waals surface area contributed by atoms with Crippen molar-refractivity contribution in [3.05, 3.63) is 12.7 Å². The van der Waals surface area contributed by atoms with Gasteiger partial charge in [0.15, 0.2) is 5.41 Å². The highest BCUT2D eigenvalue weighted by Crippen LogP contribution is 2.14. The van der Waals surface area contributed by atoms with E-state index in [9.17, 15) is 4.79 Å². The predicted octanol–water partition coefficient (Wildman–Crippen LogP) is 1.83. The summed E-state index contributed by atoms with van der Waals surface area (Å²) in [6, 6.07) is 0. The average Bonchev–Trinajstić information content (AvgIpc) is 1.62. The van der Waals surface area contributed by atoms with Crippen molar-refractivity contribution in [2.75, 3.05) is 0 Å². The third-order valence-corrected chi connectivity index (χ3v) is 2.81. The van der Waals surface area contributed by atoms with Gasteiger partial charge in [-0.3, -0.25) is 4.79 Å². The number of allylic oxidation sites excluding steroid dienone is 1. The molecule has 0 rings (SSSR count). The highest BCUT2D eigenvalue weighted by Gasteiger charge is 2.28. The Morgan fingerprint density at radius 2 is 2.12 bits per heavy atom. The normalized spacial score (nSPS) is 10.9. The molecule has 0 radical (unpaired) electrons. The molecule has 0 aromatic rings. The molecule has 4 heteroatoms. The highest BCUT2D eigenvalue weighted by atomic mass is 35.7. The summed E-state index contributed by atoms with van der Waals surface area (Å²) in [4.78, 5) is 10.5. The van der Waals surface area contributed by atoms with E-state index in [0.29, 0.717) is 0 Å². The molecule has 0 saturated heterocycles. The van der Waals surface area contributed by atoms with Gasteiger partial charge in [-0.05, 0) is 12.6 Å². The smallest absolute Gasteiger partial charge is 0.297 e. The molecule has 0 aromatic carbocycles. The van der Waals surface area contributed by atoms with Crippen LogP contribution in [0.1, 0.15) is 0 Å². The van der Waals surface area contributed by atoms with Crippen LogP contribution in [0.2, 0.25) is 6.55 Å².